The number of carbonyl (C=O) groups excluding carboxylic acids is 1. The van der Waals surface area contributed by atoms with Gasteiger partial charge in [0.05, 0.1) is 17.3 Å². The molecule has 0 aliphatic heterocycles. The number of nitrogens with two attached hydrogens (primary N) is 1. The number of ketones is 1. The number of nitrogen functional groups attached to an aromatic ring is 1. The van der Waals surface area contributed by atoms with Gasteiger partial charge in [-0.2, -0.15) is 5.10 Å². The second kappa shape index (κ2) is 3.93. The maximum Gasteiger partial charge on any atom is 0.201 e. The summed E-state index contributed by atoms with van der Waals surface area (Å²) in [5.74, 6) is -5.54. The molecule has 0 amide bonds. The van der Waals surface area contributed by atoms with Crippen LogP contribution in [0.25, 0.3) is 0 Å². The number of nitrogens with zero attached hydrogens (tertiary/aromatic N) is 1. The molecule has 1 aromatic heterocycles. The molecule has 7 heteroatoms. The van der Waals surface area contributed by atoms with Crippen LogP contribution in [0, 0.1) is 17.5 Å². The van der Waals surface area contributed by atoms with Gasteiger partial charge < -0.3 is 5.73 Å². The number of nitrogens with one attached hydrogen (secondary N) is 1. The molecule has 88 valence electrons. The molecule has 1 heterocycles. The molecule has 0 bridgehead atoms. The first-order chi connectivity index (χ1) is 8.02. The fourth-order valence-corrected chi connectivity index (χ4v) is 1.32. The number of benzene rings is 1. The Hall–Kier alpha value is -2.31. The summed E-state index contributed by atoms with van der Waals surface area (Å²) in [5, 5.41) is 5.76. The van der Waals surface area contributed by atoms with Gasteiger partial charge in [0.2, 0.25) is 5.78 Å². The highest BCUT2D eigenvalue weighted by atomic mass is 19.2. The van der Waals surface area contributed by atoms with Crippen molar-refractivity contribution < 1.29 is 18.0 Å². The summed E-state index contributed by atoms with van der Waals surface area (Å²) in [7, 11) is 0. The molecule has 0 unspecified atom stereocenters. The highest BCUT2D eigenvalue weighted by Gasteiger charge is 2.22. The van der Waals surface area contributed by atoms with Gasteiger partial charge in [0, 0.05) is 0 Å². The highest BCUT2D eigenvalue weighted by molar-refractivity contribution is 6.11. The second-order valence-corrected chi connectivity index (χ2v) is 3.25. The van der Waals surface area contributed by atoms with Gasteiger partial charge in [0.25, 0.3) is 0 Å². The lowest BCUT2D eigenvalue weighted by Gasteiger charge is -2.02. The van der Waals surface area contributed by atoms with Crippen LogP contribution < -0.4 is 5.73 Å². The van der Waals surface area contributed by atoms with Crippen molar-refractivity contribution in [1.29, 1.82) is 0 Å². The lowest BCUT2D eigenvalue weighted by atomic mass is 10.0. The smallest absolute Gasteiger partial charge is 0.201 e. The van der Waals surface area contributed by atoms with E-state index in [0.717, 1.165) is 12.3 Å². The lowest BCUT2D eigenvalue weighted by molar-refractivity contribution is 0.103. The van der Waals surface area contributed by atoms with Gasteiger partial charge in [0.1, 0.15) is 5.82 Å². The van der Waals surface area contributed by atoms with Crippen molar-refractivity contribution in [2.45, 2.75) is 0 Å². The number of aromatic nitrogens is 2. The van der Waals surface area contributed by atoms with E-state index in [1.807, 2.05) is 0 Å². The minimum absolute atomic E-state index is 0.0702. The van der Waals surface area contributed by atoms with Crippen LogP contribution in [0.1, 0.15) is 15.9 Å². The Bertz CT molecular complexity index is 594. The zero-order chi connectivity index (χ0) is 12.6. The maximum atomic E-state index is 13.3. The molecule has 0 fully saturated rings. The first kappa shape index (κ1) is 11.2. The summed E-state index contributed by atoms with van der Waals surface area (Å²) < 4.78 is 38.9. The second-order valence-electron chi connectivity index (χ2n) is 3.25. The molecule has 0 radical (unpaired) electrons. The third kappa shape index (κ3) is 1.75. The van der Waals surface area contributed by atoms with E-state index < -0.39 is 28.8 Å². The zero-order valence-electron chi connectivity index (χ0n) is 8.30. The minimum Gasteiger partial charge on any atom is -0.383 e. The van der Waals surface area contributed by atoms with Gasteiger partial charge in [-0.1, -0.05) is 0 Å². The first-order valence-electron chi connectivity index (χ1n) is 4.49. The molecule has 0 aliphatic rings. The summed E-state index contributed by atoms with van der Waals surface area (Å²) in [6.07, 6.45) is 1.08. The lowest BCUT2D eigenvalue weighted by Crippen LogP contribution is -2.08. The predicted molar refractivity (Wildman–Crippen MR) is 52.7 cm³/mol. The van der Waals surface area contributed by atoms with E-state index in [0.29, 0.717) is 6.07 Å². The van der Waals surface area contributed by atoms with Crippen LogP contribution in [0.3, 0.4) is 0 Å². The van der Waals surface area contributed by atoms with E-state index in [4.69, 9.17) is 5.73 Å². The normalized spacial score (nSPS) is 10.5. The monoisotopic (exact) mass is 241 g/mol. The van der Waals surface area contributed by atoms with Crippen LogP contribution in [0.2, 0.25) is 0 Å². The zero-order valence-corrected chi connectivity index (χ0v) is 8.30. The Morgan fingerprint density at radius 3 is 2.47 bits per heavy atom. The van der Waals surface area contributed by atoms with Crippen molar-refractivity contribution >= 4 is 11.6 Å². The average Bonchev–Trinajstić information content (AvgIpc) is 2.72. The van der Waals surface area contributed by atoms with Crippen molar-refractivity contribution in [1.82, 2.24) is 10.2 Å². The molecule has 2 aromatic rings. The van der Waals surface area contributed by atoms with Crippen LogP contribution in [0.15, 0.2) is 18.3 Å². The standard InChI is InChI=1S/C10H6F3N3O/c11-6-2-1-4(7(12)8(6)13)9(17)5-3-15-16-10(5)14/h1-3H,(H3,14,15,16). The van der Waals surface area contributed by atoms with Gasteiger partial charge in [-0.15, -0.1) is 0 Å². The van der Waals surface area contributed by atoms with Crippen molar-refractivity contribution in [3.8, 4) is 0 Å². The van der Waals surface area contributed by atoms with E-state index >= 15 is 0 Å². The van der Waals surface area contributed by atoms with Gasteiger partial charge in [-0.05, 0) is 12.1 Å². The number of anilines is 1. The molecule has 0 saturated carbocycles. The molecule has 1 aromatic carbocycles. The average molecular weight is 241 g/mol. The van der Waals surface area contributed by atoms with Gasteiger partial charge >= 0.3 is 0 Å². The first-order valence-corrected chi connectivity index (χ1v) is 4.49. The number of hydrogen-bond acceptors (Lipinski definition) is 3. The largest absolute Gasteiger partial charge is 0.383 e. The van der Waals surface area contributed by atoms with Crippen molar-refractivity contribution in [2.24, 2.45) is 0 Å². The fourth-order valence-electron chi connectivity index (χ4n) is 1.32. The van der Waals surface area contributed by atoms with Crippen LogP contribution in [-0.2, 0) is 0 Å². The fraction of sp³-hybridized carbons (Fsp3) is 0. The molecule has 17 heavy (non-hydrogen) atoms. The number of hydrogen-bond donors (Lipinski definition) is 2. The van der Waals surface area contributed by atoms with Crippen LogP contribution in [-0.4, -0.2) is 16.0 Å². The summed E-state index contributed by atoms with van der Waals surface area (Å²) in [6.45, 7) is 0. The summed E-state index contributed by atoms with van der Waals surface area (Å²) in [6, 6.07) is 1.52. The van der Waals surface area contributed by atoms with E-state index in [2.05, 4.69) is 10.2 Å². The molecule has 2 rings (SSSR count). The molecule has 0 aliphatic carbocycles. The quantitative estimate of drug-likeness (QED) is 0.620. The van der Waals surface area contributed by atoms with E-state index in [9.17, 15) is 18.0 Å². The number of halogens is 3. The topological polar surface area (TPSA) is 71.8 Å². The summed E-state index contributed by atoms with van der Waals surface area (Å²) in [4.78, 5) is 11.7. The van der Waals surface area contributed by atoms with Gasteiger partial charge in [0.15, 0.2) is 17.5 Å². The van der Waals surface area contributed by atoms with E-state index in [1.165, 1.54) is 0 Å². The Morgan fingerprint density at radius 1 is 1.18 bits per heavy atom. The third-order valence-corrected chi connectivity index (χ3v) is 2.19. The Morgan fingerprint density at radius 2 is 1.88 bits per heavy atom. The number of aromatic amines is 1. The number of rotatable bonds is 2. The van der Waals surface area contributed by atoms with E-state index in [-0.39, 0.29) is 11.4 Å². The van der Waals surface area contributed by atoms with Gasteiger partial charge in [-0.25, -0.2) is 13.2 Å². The molecule has 0 saturated heterocycles. The van der Waals surface area contributed by atoms with Gasteiger partial charge in [-0.3, -0.25) is 9.89 Å². The predicted octanol–water partition coefficient (Wildman–Crippen LogP) is 1.64. The Balaban J connectivity index is 2.53. The molecule has 0 atom stereocenters. The maximum absolute atomic E-state index is 13.3. The van der Waals surface area contributed by atoms with Crippen LogP contribution in [0.4, 0.5) is 19.0 Å². The van der Waals surface area contributed by atoms with Crippen LogP contribution >= 0.6 is 0 Å². The van der Waals surface area contributed by atoms with Crippen LogP contribution in [0.5, 0.6) is 0 Å². The SMILES string of the molecule is Nc1[nH]ncc1C(=O)c1ccc(F)c(F)c1F. The van der Waals surface area contributed by atoms with Crippen molar-refractivity contribution in [3.05, 3.63) is 46.9 Å². The third-order valence-electron chi connectivity index (χ3n) is 2.19. The highest BCUT2D eigenvalue weighted by Crippen LogP contribution is 2.20. The summed E-state index contributed by atoms with van der Waals surface area (Å²) in [5.41, 5.74) is 4.67. The summed E-state index contributed by atoms with van der Waals surface area (Å²) >= 11 is 0. The minimum atomic E-state index is -1.70. The molecule has 0 spiro atoms. The number of carbonyl (C=O) groups is 1. The molecule has 3 N–H and O–H groups in total. The Labute approximate surface area is 93.2 Å². The van der Waals surface area contributed by atoms with Crippen molar-refractivity contribution in [3.63, 3.8) is 0 Å². The van der Waals surface area contributed by atoms with Crippen molar-refractivity contribution in [2.75, 3.05) is 5.73 Å². The van der Waals surface area contributed by atoms with E-state index in [1.54, 1.807) is 0 Å². The molecular weight excluding hydrogens is 235 g/mol. The number of H-pyrrole nitrogens is 1. The Kier molecular flexibility index (Phi) is 2.58. The molecular formula is C10H6F3N3O. The molecule has 4 nitrogen and oxygen atoms in total.